The van der Waals surface area contributed by atoms with Gasteiger partial charge in [-0.25, -0.2) is 4.79 Å². The molecule has 2 heterocycles. The molecular weight excluding hydrogens is 396 g/mol. The number of nitro benzene ring substituents is 1. The summed E-state index contributed by atoms with van der Waals surface area (Å²) in [6, 6.07) is 15.5. The lowest BCUT2D eigenvalue weighted by Gasteiger charge is -2.07. The van der Waals surface area contributed by atoms with Crippen LogP contribution in [0.15, 0.2) is 59.5 Å². The van der Waals surface area contributed by atoms with Gasteiger partial charge in [0.15, 0.2) is 0 Å². The van der Waals surface area contributed by atoms with Gasteiger partial charge < -0.3 is 10.3 Å². The van der Waals surface area contributed by atoms with Gasteiger partial charge in [-0.3, -0.25) is 19.7 Å². The van der Waals surface area contributed by atoms with Gasteiger partial charge in [0.05, 0.1) is 16.3 Å². The summed E-state index contributed by atoms with van der Waals surface area (Å²) in [5.74, 6) is 0. The zero-order chi connectivity index (χ0) is 22.0. The normalized spacial score (nSPS) is 11.0. The van der Waals surface area contributed by atoms with Crippen LogP contribution < -0.4 is 11.4 Å². The predicted molar refractivity (Wildman–Crippen MR) is 117 cm³/mol. The molecule has 31 heavy (non-hydrogen) atoms. The number of aromatic nitrogens is 3. The van der Waals surface area contributed by atoms with E-state index in [0.717, 1.165) is 35.9 Å². The Morgan fingerprint density at radius 1 is 1.13 bits per heavy atom. The fraction of sp³-hybridized carbons (Fsp3) is 0.182. The maximum Gasteiger partial charge on any atom is 0.331 e. The van der Waals surface area contributed by atoms with Crippen LogP contribution >= 0.6 is 0 Å². The van der Waals surface area contributed by atoms with E-state index in [1.165, 1.54) is 28.8 Å². The number of nitrogens with zero attached hydrogens (tertiary/aromatic N) is 4. The number of unbranched alkanes of at least 4 members (excludes halogenated alkanes) is 1. The average molecular weight is 416 g/mol. The van der Waals surface area contributed by atoms with Gasteiger partial charge in [0.1, 0.15) is 11.8 Å². The van der Waals surface area contributed by atoms with Crippen LogP contribution in [0.2, 0.25) is 0 Å². The molecule has 9 heteroatoms. The lowest BCUT2D eigenvalue weighted by atomic mass is 10.1. The van der Waals surface area contributed by atoms with E-state index in [1.807, 2.05) is 30.5 Å². The molecule has 9 nitrogen and oxygen atoms in total. The van der Waals surface area contributed by atoms with Crippen LogP contribution in [0.25, 0.3) is 27.8 Å². The zero-order valence-electron chi connectivity index (χ0n) is 16.6. The topological polar surface area (TPSA) is 136 Å². The number of nitrogens with two attached hydrogens (primary N) is 1. The molecule has 3 N–H and O–H groups in total. The number of nitrogens with one attached hydrogen (secondary N) is 1. The van der Waals surface area contributed by atoms with E-state index >= 15 is 0 Å². The first-order chi connectivity index (χ1) is 15.0. The standard InChI is InChI=1S/C22H20N6O3/c23-11-3-4-12-26-14-18(17-5-1-2-6-20(17)26)21-19(13-24)25-22(29)27(21)15-7-9-16(10-8-15)28(30)31/h1-2,5-10,14H,3-4,11-12,23H2,(H,25,29). The third-order valence-corrected chi connectivity index (χ3v) is 5.22. The molecule has 0 radical (unpaired) electrons. The number of imidazole rings is 1. The van der Waals surface area contributed by atoms with Crippen LogP contribution in [-0.4, -0.2) is 25.6 Å². The van der Waals surface area contributed by atoms with Crippen LogP contribution in [0, 0.1) is 21.4 Å². The molecule has 0 spiro atoms. The summed E-state index contributed by atoms with van der Waals surface area (Å²) >= 11 is 0. The minimum absolute atomic E-state index is 0.0779. The fourth-order valence-corrected chi connectivity index (χ4v) is 3.79. The number of nitro groups is 1. The number of H-pyrrole nitrogens is 1. The number of para-hydroxylation sites is 1. The summed E-state index contributed by atoms with van der Waals surface area (Å²) in [7, 11) is 0. The Kier molecular flexibility index (Phi) is 5.39. The fourth-order valence-electron chi connectivity index (χ4n) is 3.79. The average Bonchev–Trinajstić information content (AvgIpc) is 3.31. The molecule has 0 fully saturated rings. The Labute approximate surface area is 177 Å². The number of nitriles is 1. The number of non-ortho nitro benzene ring substituents is 1. The summed E-state index contributed by atoms with van der Waals surface area (Å²) in [5.41, 5.74) is 7.78. The molecule has 156 valence electrons. The maximum absolute atomic E-state index is 12.8. The van der Waals surface area contributed by atoms with Crippen molar-refractivity contribution in [3.05, 3.63) is 81.0 Å². The molecule has 0 bridgehead atoms. The summed E-state index contributed by atoms with van der Waals surface area (Å²) in [6.45, 7) is 1.37. The quantitative estimate of drug-likeness (QED) is 0.271. The largest absolute Gasteiger partial charge is 0.347 e. The Balaban J connectivity index is 1.93. The van der Waals surface area contributed by atoms with Gasteiger partial charge in [0, 0.05) is 41.3 Å². The Hall–Kier alpha value is -4.16. The Morgan fingerprint density at radius 3 is 2.55 bits per heavy atom. The molecule has 0 aliphatic heterocycles. The third kappa shape index (κ3) is 3.60. The van der Waals surface area contributed by atoms with E-state index in [2.05, 4.69) is 15.6 Å². The third-order valence-electron chi connectivity index (χ3n) is 5.22. The highest BCUT2D eigenvalue weighted by atomic mass is 16.6. The maximum atomic E-state index is 12.8. The van der Waals surface area contributed by atoms with E-state index < -0.39 is 10.6 Å². The van der Waals surface area contributed by atoms with Gasteiger partial charge in [-0.05, 0) is 37.6 Å². The number of benzene rings is 2. The summed E-state index contributed by atoms with van der Waals surface area (Å²) in [4.78, 5) is 25.9. The summed E-state index contributed by atoms with van der Waals surface area (Å²) in [5, 5.41) is 21.6. The van der Waals surface area contributed by atoms with Crippen molar-refractivity contribution in [3.63, 3.8) is 0 Å². The number of hydrogen-bond donors (Lipinski definition) is 2. The van der Waals surface area contributed by atoms with Crippen molar-refractivity contribution in [2.24, 2.45) is 5.73 Å². The first-order valence-electron chi connectivity index (χ1n) is 9.83. The van der Waals surface area contributed by atoms with Crippen molar-refractivity contribution < 1.29 is 4.92 Å². The molecule has 0 aliphatic carbocycles. The lowest BCUT2D eigenvalue weighted by molar-refractivity contribution is -0.384. The second-order valence-electron chi connectivity index (χ2n) is 7.12. The monoisotopic (exact) mass is 416 g/mol. The first kappa shape index (κ1) is 20.1. The molecule has 0 amide bonds. The van der Waals surface area contributed by atoms with Gasteiger partial charge in [0.25, 0.3) is 5.69 Å². The molecule has 4 rings (SSSR count). The van der Waals surface area contributed by atoms with Gasteiger partial charge in [-0.2, -0.15) is 5.26 Å². The molecule has 4 aromatic rings. The van der Waals surface area contributed by atoms with Crippen molar-refractivity contribution in [3.8, 4) is 23.0 Å². The minimum Gasteiger partial charge on any atom is -0.347 e. The molecule has 0 saturated heterocycles. The molecule has 2 aromatic heterocycles. The highest BCUT2D eigenvalue weighted by molar-refractivity contribution is 5.96. The van der Waals surface area contributed by atoms with Crippen molar-refractivity contribution in [2.45, 2.75) is 19.4 Å². The van der Waals surface area contributed by atoms with Crippen LogP contribution in [0.1, 0.15) is 18.5 Å². The first-order valence-corrected chi connectivity index (χ1v) is 9.83. The van der Waals surface area contributed by atoms with E-state index in [0.29, 0.717) is 17.9 Å². The van der Waals surface area contributed by atoms with E-state index in [1.54, 1.807) is 0 Å². The van der Waals surface area contributed by atoms with Gasteiger partial charge in [-0.15, -0.1) is 0 Å². The van der Waals surface area contributed by atoms with Crippen LogP contribution in [0.3, 0.4) is 0 Å². The van der Waals surface area contributed by atoms with E-state index in [4.69, 9.17) is 5.73 Å². The number of rotatable bonds is 7. The number of aryl methyl sites for hydroxylation is 1. The summed E-state index contributed by atoms with van der Waals surface area (Å²) < 4.78 is 3.48. The van der Waals surface area contributed by atoms with Crippen molar-refractivity contribution in [1.29, 1.82) is 5.26 Å². The number of hydrogen-bond acceptors (Lipinski definition) is 5. The predicted octanol–water partition coefficient (Wildman–Crippen LogP) is 3.31. The molecule has 0 aliphatic rings. The molecule has 0 unspecified atom stereocenters. The summed E-state index contributed by atoms with van der Waals surface area (Å²) in [6.07, 6.45) is 3.73. The second-order valence-corrected chi connectivity index (χ2v) is 7.12. The second kappa shape index (κ2) is 8.30. The van der Waals surface area contributed by atoms with E-state index in [-0.39, 0.29) is 11.4 Å². The van der Waals surface area contributed by atoms with Gasteiger partial charge in [-0.1, -0.05) is 18.2 Å². The highest BCUT2D eigenvalue weighted by Gasteiger charge is 2.22. The molecule has 0 atom stereocenters. The minimum atomic E-state index is -0.500. The molecule has 2 aromatic carbocycles. The smallest absolute Gasteiger partial charge is 0.331 e. The Bertz CT molecular complexity index is 1350. The lowest BCUT2D eigenvalue weighted by Crippen LogP contribution is -2.15. The SMILES string of the molecule is N#Cc1[nH]c(=O)n(-c2ccc([N+](=O)[O-])cc2)c1-c1cn(CCCCN)c2ccccc12. The van der Waals surface area contributed by atoms with Gasteiger partial charge >= 0.3 is 5.69 Å². The Morgan fingerprint density at radius 2 is 1.87 bits per heavy atom. The van der Waals surface area contributed by atoms with Crippen molar-refractivity contribution in [1.82, 2.24) is 14.1 Å². The van der Waals surface area contributed by atoms with Crippen molar-refractivity contribution in [2.75, 3.05) is 6.54 Å². The molecular formula is C22H20N6O3. The van der Waals surface area contributed by atoms with Crippen molar-refractivity contribution >= 4 is 16.6 Å². The molecule has 0 saturated carbocycles. The van der Waals surface area contributed by atoms with Crippen LogP contribution in [-0.2, 0) is 6.54 Å². The number of fused-ring (bicyclic) bond motifs is 1. The van der Waals surface area contributed by atoms with Crippen LogP contribution in [0.4, 0.5) is 5.69 Å². The van der Waals surface area contributed by atoms with E-state index in [9.17, 15) is 20.2 Å². The zero-order valence-corrected chi connectivity index (χ0v) is 16.6. The highest BCUT2D eigenvalue weighted by Crippen LogP contribution is 2.33. The van der Waals surface area contributed by atoms with Gasteiger partial charge in [0.2, 0.25) is 0 Å². The number of aromatic amines is 1. The van der Waals surface area contributed by atoms with Crippen LogP contribution in [0.5, 0.6) is 0 Å².